The third-order valence-electron chi connectivity index (χ3n) is 4.02. The highest BCUT2D eigenvalue weighted by molar-refractivity contribution is 5.89. The van der Waals surface area contributed by atoms with Crippen molar-refractivity contribution in [2.24, 2.45) is 0 Å². The maximum atomic E-state index is 12.7. The van der Waals surface area contributed by atoms with Crippen LogP contribution in [0.2, 0.25) is 0 Å². The molecular weight excluding hydrogens is 250 g/mol. The number of nitrogens with zero attached hydrogens (tertiary/aromatic N) is 1. The number of benzene rings is 1. The summed E-state index contributed by atoms with van der Waals surface area (Å²) in [5, 5.41) is 0. The zero-order valence-electron chi connectivity index (χ0n) is 11.5. The van der Waals surface area contributed by atoms with E-state index in [1.54, 1.807) is 12.4 Å². The molecule has 3 nitrogen and oxygen atoms in total. The molecule has 0 spiro atoms. The van der Waals surface area contributed by atoms with E-state index in [-0.39, 0.29) is 5.97 Å². The summed E-state index contributed by atoms with van der Waals surface area (Å²) in [4.78, 5) is 16.9. The fourth-order valence-electron chi connectivity index (χ4n) is 3.11. The molecule has 0 fully saturated rings. The third-order valence-corrected chi connectivity index (χ3v) is 4.02. The van der Waals surface area contributed by atoms with Crippen LogP contribution in [0.5, 0.6) is 0 Å². The molecule has 2 aromatic rings. The number of hydrogen-bond donors (Lipinski definition) is 0. The van der Waals surface area contributed by atoms with Gasteiger partial charge in [-0.1, -0.05) is 30.3 Å². The Hall–Kier alpha value is -2.16. The molecule has 1 heterocycles. The smallest absolute Gasteiger partial charge is 0.321 e. The van der Waals surface area contributed by atoms with E-state index >= 15 is 0 Å². The maximum Gasteiger partial charge on any atom is 0.321 e. The van der Waals surface area contributed by atoms with Crippen LogP contribution in [0.4, 0.5) is 0 Å². The largest absolute Gasteiger partial charge is 0.465 e. The van der Waals surface area contributed by atoms with Crippen LogP contribution in [0.3, 0.4) is 0 Å². The topological polar surface area (TPSA) is 39.2 Å². The van der Waals surface area contributed by atoms with Gasteiger partial charge < -0.3 is 4.74 Å². The molecule has 0 amide bonds. The molecule has 20 heavy (non-hydrogen) atoms. The highest BCUT2D eigenvalue weighted by atomic mass is 16.5. The summed E-state index contributed by atoms with van der Waals surface area (Å²) < 4.78 is 5.37. The van der Waals surface area contributed by atoms with Crippen LogP contribution in [0.25, 0.3) is 0 Å². The molecule has 0 saturated carbocycles. The van der Waals surface area contributed by atoms with Gasteiger partial charge in [0.1, 0.15) is 5.41 Å². The molecule has 3 heteroatoms. The zero-order valence-corrected chi connectivity index (χ0v) is 11.5. The minimum absolute atomic E-state index is 0.169. The number of aromatic nitrogens is 1. The van der Waals surface area contributed by atoms with Crippen LogP contribution in [-0.4, -0.2) is 17.6 Å². The Morgan fingerprint density at radius 2 is 2.15 bits per heavy atom. The first-order valence-electron chi connectivity index (χ1n) is 6.95. The van der Waals surface area contributed by atoms with Crippen LogP contribution < -0.4 is 0 Å². The van der Waals surface area contributed by atoms with Gasteiger partial charge in [-0.3, -0.25) is 9.78 Å². The van der Waals surface area contributed by atoms with Gasteiger partial charge >= 0.3 is 5.97 Å². The van der Waals surface area contributed by atoms with Gasteiger partial charge in [0, 0.05) is 12.4 Å². The lowest BCUT2D eigenvalue weighted by Crippen LogP contribution is -2.36. The van der Waals surface area contributed by atoms with Crippen LogP contribution in [0.1, 0.15) is 30.0 Å². The fraction of sp³-hybridized carbons (Fsp3) is 0.294. The Morgan fingerprint density at radius 3 is 2.90 bits per heavy atom. The monoisotopic (exact) mass is 267 g/mol. The number of hydrogen-bond acceptors (Lipinski definition) is 3. The van der Waals surface area contributed by atoms with Crippen molar-refractivity contribution >= 4 is 5.97 Å². The molecule has 3 rings (SSSR count). The summed E-state index contributed by atoms with van der Waals surface area (Å²) in [7, 11) is 0. The lowest BCUT2D eigenvalue weighted by molar-refractivity contribution is -0.148. The third kappa shape index (κ3) is 1.82. The molecule has 1 aromatic heterocycles. The quantitative estimate of drug-likeness (QED) is 0.803. The summed E-state index contributed by atoms with van der Waals surface area (Å²) in [5.41, 5.74) is 2.51. The Morgan fingerprint density at radius 1 is 1.30 bits per heavy atom. The van der Waals surface area contributed by atoms with E-state index in [2.05, 4.69) is 11.1 Å². The van der Waals surface area contributed by atoms with Crippen molar-refractivity contribution in [1.29, 1.82) is 0 Å². The maximum absolute atomic E-state index is 12.7. The second-order valence-corrected chi connectivity index (χ2v) is 5.02. The van der Waals surface area contributed by atoms with Gasteiger partial charge in [0.25, 0.3) is 0 Å². The second-order valence-electron chi connectivity index (χ2n) is 5.02. The van der Waals surface area contributed by atoms with E-state index in [9.17, 15) is 4.79 Å². The summed E-state index contributed by atoms with van der Waals surface area (Å²) in [6.07, 6.45) is 5.14. The number of esters is 1. The van der Waals surface area contributed by atoms with Crippen LogP contribution in [0, 0.1) is 0 Å². The molecule has 0 radical (unpaired) electrons. The second kappa shape index (κ2) is 5.08. The van der Waals surface area contributed by atoms with Gasteiger partial charge in [-0.05, 0) is 42.5 Å². The van der Waals surface area contributed by atoms with E-state index in [1.165, 1.54) is 5.56 Å². The minimum atomic E-state index is -0.694. The van der Waals surface area contributed by atoms with Gasteiger partial charge in [0.15, 0.2) is 0 Å². The Balaban J connectivity index is 2.19. The number of rotatable bonds is 3. The van der Waals surface area contributed by atoms with E-state index in [0.29, 0.717) is 6.61 Å². The molecule has 1 aromatic carbocycles. The summed E-state index contributed by atoms with van der Waals surface area (Å²) >= 11 is 0. The van der Waals surface area contributed by atoms with Crippen LogP contribution in [0.15, 0.2) is 48.8 Å². The lowest BCUT2D eigenvalue weighted by atomic mass is 9.76. The van der Waals surface area contributed by atoms with E-state index in [1.807, 2.05) is 37.3 Å². The van der Waals surface area contributed by atoms with Crippen LogP contribution >= 0.6 is 0 Å². The summed E-state index contributed by atoms with van der Waals surface area (Å²) in [6.45, 7) is 2.23. The molecule has 0 bridgehead atoms. The Kier molecular flexibility index (Phi) is 3.26. The van der Waals surface area contributed by atoms with Crippen LogP contribution in [-0.2, 0) is 21.4 Å². The first-order valence-corrected chi connectivity index (χ1v) is 6.95. The molecule has 0 saturated heterocycles. The zero-order chi connectivity index (χ0) is 14.0. The molecule has 1 aliphatic carbocycles. The number of carbonyl (C=O) groups excluding carboxylic acids is 1. The SMILES string of the molecule is CCOC(=O)C1(c2cccnc2)CCc2ccccc21. The predicted molar refractivity (Wildman–Crippen MR) is 76.4 cm³/mol. The molecule has 1 unspecified atom stereocenters. The molecule has 1 atom stereocenters. The van der Waals surface area contributed by atoms with Crippen molar-refractivity contribution in [3.63, 3.8) is 0 Å². The minimum Gasteiger partial charge on any atom is -0.465 e. The number of ether oxygens (including phenoxy) is 1. The molecule has 0 aliphatic heterocycles. The van der Waals surface area contributed by atoms with Gasteiger partial charge in [-0.15, -0.1) is 0 Å². The highest BCUT2D eigenvalue weighted by Gasteiger charge is 2.48. The first kappa shape index (κ1) is 12.9. The standard InChI is InChI=1S/C17H17NO2/c1-2-20-16(19)17(14-7-5-11-18-12-14)10-9-13-6-3-4-8-15(13)17/h3-8,11-12H,2,9-10H2,1H3. The molecule has 1 aliphatic rings. The number of pyridine rings is 1. The average Bonchev–Trinajstić information content (AvgIpc) is 2.89. The Bertz CT molecular complexity index is 624. The summed E-state index contributed by atoms with van der Waals surface area (Å²) in [6, 6.07) is 12.0. The van der Waals surface area contributed by atoms with Crippen molar-refractivity contribution in [2.45, 2.75) is 25.2 Å². The van der Waals surface area contributed by atoms with E-state index in [4.69, 9.17) is 4.74 Å². The number of aryl methyl sites for hydroxylation is 1. The van der Waals surface area contributed by atoms with Gasteiger partial charge in [0.2, 0.25) is 0 Å². The van der Waals surface area contributed by atoms with Crippen molar-refractivity contribution in [3.8, 4) is 0 Å². The van der Waals surface area contributed by atoms with Gasteiger partial charge in [-0.25, -0.2) is 0 Å². The molecular formula is C17H17NO2. The average molecular weight is 267 g/mol. The fourth-order valence-corrected chi connectivity index (χ4v) is 3.11. The highest BCUT2D eigenvalue weighted by Crippen LogP contribution is 2.44. The van der Waals surface area contributed by atoms with Gasteiger partial charge in [0.05, 0.1) is 6.61 Å². The van der Waals surface area contributed by atoms with Crippen molar-refractivity contribution in [3.05, 3.63) is 65.5 Å². The van der Waals surface area contributed by atoms with E-state index < -0.39 is 5.41 Å². The first-order chi connectivity index (χ1) is 9.79. The summed E-state index contributed by atoms with van der Waals surface area (Å²) in [5.74, 6) is -0.169. The lowest BCUT2D eigenvalue weighted by Gasteiger charge is -2.28. The normalized spacial score (nSPS) is 20.4. The van der Waals surface area contributed by atoms with E-state index in [0.717, 1.165) is 24.0 Å². The van der Waals surface area contributed by atoms with Crippen molar-refractivity contribution in [1.82, 2.24) is 4.98 Å². The van der Waals surface area contributed by atoms with Crippen molar-refractivity contribution < 1.29 is 9.53 Å². The van der Waals surface area contributed by atoms with Gasteiger partial charge in [-0.2, -0.15) is 0 Å². The Labute approximate surface area is 118 Å². The predicted octanol–water partition coefficient (Wildman–Crippen LogP) is 2.88. The number of carbonyl (C=O) groups is 1. The number of fused-ring (bicyclic) bond motifs is 1. The van der Waals surface area contributed by atoms with Crippen molar-refractivity contribution in [2.75, 3.05) is 6.61 Å². The molecule has 0 N–H and O–H groups in total. The molecule has 102 valence electrons.